The lowest BCUT2D eigenvalue weighted by Crippen LogP contribution is -2.01. The molecule has 0 amide bonds. The standard InChI is InChI=1S/C6H7ClN6/c1-12-3-2-4(9-12)13-10-5(7)6(8)11-13/h2-3H,1H3,(H2,8,11). The normalized spacial score (nSPS) is 10.6. The Morgan fingerprint density at radius 3 is 2.62 bits per heavy atom. The molecule has 0 saturated carbocycles. The fraction of sp³-hybridized carbons (Fsp3) is 0.167. The molecule has 2 heterocycles. The zero-order valence-electron chi connectivity index (χ0n) is 6.85. The molecule has 0 aliphatic rings. The van der Waals surface area contributed by atoms with E-state index in [9.17, 15) is 0 Å². The molecule has 0 bridgehead atoms. The Bertz CT molecular complexity index is 411. The zero-order chi connectivity index (χ0) is 9.42. The number of hydrogen-bond acceptors (Lipinski definition) is 4. The minimum absolute atomic E-state index is 0.186. The quantitative estimate of drug-likeness (QED) is 0.712. The van der Waals surface area contributed by atoms with Crippen molar-refractivity contribution in [1.82, 2.24) is 24.8 Å². The number of anilines is 1. The molecule has 0 aliphatic heterocycles. The Hall–Kier alpha value is -1.56. The number of rotatable bonds is 1. The second kappa shape index (κ2) is 2.74. The van der Waals surface area contributed by atoms with Crippen molar-refractivity contribution in [3.8, 4) is 5.82 Å². The van der Waals surface area contributed by atoms with Gasteiger partial charge in [0.05, 0.1) is 0 Å². The van der Waals surface area contributed by atoms with Gasteiger partial charge in [0.15, 0.2) is 16.8 Å². The van der Waals surface area contributed by atoms with Crippen molar-refractivity contribution >= 4 is 17.4 Å². The third kappa shape index (κ3) is 1.35. The Kier molecular flexibility index (Phi) is 1.70. The molecule has 0 unspecified atom stereocenters. The summed E-state index contributed by atoms with van der Waals surface area (Å²) in [7, 11) is 1.80. The second-order valence-electron chi connectivity index (χ2n) is 2.51. The van der Waals surface area contributed by atoms with Gasteiger partial charge in [-0.05, 0) is 0 Å². The van der Waals surface area contributed by atoms with Crippen LogP contribution >= 0.6 is 11.6 Å². The Balaban J connectivity index is 2.46. The molecule has 0 aromatic carbocycles. The van der Waals surface area contributed by atoms with Crippen LogP contribution in [0.4, 0.5) is 5.82 Å². The minimum Gasteiger partial charge on any atom is -0.380 e. The van der Waals surface area contributed by atoms with E-state index in [2.05, 4.69) is 15.3 Å². The lowest BCUT2D eigenvalue weighted by molar-refractivity contribution is 0.686. The van der Waals surface area contributed by atoms with E-state index in [-0.39, 0.29) is 11.0 Å². The lowest BCUT2D eigenvalue weighted by atomic mass is 10.7. The highest BCUT2D eigenvalue weighted by molar-refractivity contribution is 6.31. The van der Waals surface area contributed by atoms with E-state index in [1.54, 1.807) is 24.0 Å². The molecule has 13 heavy (non-hydrogen) atoms. The molecule has 6 nitrogen and oxygen atoms in total. The zero-order valence-corrected chi connectivity index (χ0v) is 7.60. The van der Waals surface area contributed by atoms with Gasteiger partial charge in [0.25, 0.3) is 0 Å². The van der Waals surface area contributed by atoms with Crippen molar-refractivity contribution in [2.45, 2.75) is 0 Å². The Labute approximate surface area is 78.9 Å². The Morgan fingerprint density at radius 1 is 1.38 bits per heavy atom. The van der Waals surface area contributed by atoms with Gasteiger partial charge in [-0.2, -0.15) is 5.10 Å². The van der Waals surface area contributed by atoms with E-state index in [0.29, 0.717) is 5.82 Å². The molecule has 68 valence electrons. The number of aromatic nitrogens is 5. The summed E-state index contributed by atoms with van der Waals surface area (Å²) in [6, 6.07) is 1.76. The van der Waals surface area contributed by atoms with Crippen molar-refractivity contribution in [3.63, 3.8) is 0 Å². The van der Waals surface area contributed by atoms with Gasteiger partial charge in [0.1, 0.15) is 0 Å². The van der Waals surface area contributed by atoms with Crippen molar-refractivity contribution in [3.05, 3.63) is 17.4 Å². The summed E-state index contributed by atoms with van der Waals surface area (Å²) in [4.78, 5) is 1.29. The topological polar surface area (TPSA) is 74.5 Å². The largest absolute Gasteiger partial charge is 0.380 e. The van der Waals surface area contributed by atoms with Crippen LogP contribution in [-0.2, 0) is 7.05 Å². The Morgan fingerprint density at radius 2 is 2.15 bits per heavy atom. The number of nitrogen functional groups attached to an aromatic ring is 1. The first-order valence-electron chi connectivity index (χ1n) is 3.55. The van der Waals surface area contributed by atoms with E-state index in [4.69, 9.17) is 17.3 Å². The van der Waals surface area contributed by atoms with E-state index in [1.807, 2.05) is 0 Å². The van der Waals surface area contributed by atoms with E-state index in [0.717, 1.165) is 0 Å². The fourth-order valence-electron chi connectivity index (χ4n) is 0.912. The highest BCUT2D eigenvalue weighted by Crippen LogP contribution is 2.13. The van der Waals surface area contributed by atoms with Crippen molar-refractivity contribution in [1.29, 1.82) is 0 Å². The summed E-state index contributed by atoms with van der Waals surface area (Å²) < 4.78 is 1.64. The first-order chi connectivity index (χ1) is 6.16. The average molecular weight is 199 g/mol. The summed E-state index contributed by atoms with van der Waals surface area (Å²) in [5, 5.41) is 12.0. The van der Waals surface area contributed by atoms with Crippen LogP contribution in [0.5, 0.6) is 0 Å². The maximum absolute atomic E-state index is 5.63. The van der Waals surface area contributed by atoms with E-state index < -0.39 is 0 Å². The highest BCUT2D eigenvalue weighted by Gasteiger charge is 2.07. The summed E-state index contributed by atoms with van der Waals surface area (Å²) in [5.74, 6) is 0.786. The van der Waals surface area contributed by atoms with Gasteiger partial charge in [-0.25, -0.2) is 0 Å². The lowest BCUT2D eigenvalue weighted by Gasteiger charge is -1.90. The van der Waals surface area contributed by atoms with Crippen molar-refractivity contribution in [2.75, 3.05) is 5.73 Å². The van der Waals surface area contributed by atoms with Crippen LogP contribution in [0.2, 0.25) is 5.15 Å². The third-order valence-corrected chi connectivity index (χ3v) is 1.77. The van der Waals surface area contributed by atoms with Crippen LogP contribution in [-0.4, -0.2) is 24.8 Å². The number of nitrogens with zero attached hydrogens (tertiary/aromatic N) is 5. The van der Waals surface area contributed by atoms with Gasteiger partial charge in [-0.1, -0.05) is 11.6 Å². The second-order valence-corrected chi connectivity index (χ2v) is 2.87. The van der Waals surface area contributed by atoms with Crippen LogP contribution in [0, 0.1) is 0 Å². The maximum atomic E-state index is 5.63. The third-order valence-electron chi connectivity index (χ3n) is 1.50. The van der Waals surface area contributed by atoms with Crippen LogP contribution < -0.4 is 5.73 Å². The molecule has 2 rings (SSSR count). The fourth-order valence-corrected chi connectivity index (χ4v) is 1.02. The van der Waals surface area contributed by atoms with Crippen molar-refractivity contribution in [2.24, 2.45) is 7.05 Å². The molecule has 0 fully saturated rings. The van der Waals surface area contributed by atoms with Crippen molar-refractivity contribution < 1.29 is 0 Å². The smallest absolute Gasteiger partial charge is 0.195 e. The van der Waals surface area contributed by atoms with E-state index >= 15 is 0 Å². The monoisotopic (exact) mass is 198 g/mol. The number of halogens is 1. The molecule has 0 radical (unpaired) electrons. The van der Waals surface area contributed by atoms with Gasteiger partial charge in [0, 0.05) is 19.3 Å². The number of aryl methyl sites for hydroxylation is 1. The molecule has 2 aromatic rings. The molecule has 0 atom stereocenters. The van der Waals surface area contributed by atoms with Gasteiger partial charge in [0.2, 0.25) is 0 Å². The summed E-state index contributed by atoms with van der Waals surface area (Å²) in [5.41, 5.74) is 5.42. The summed E-state index contributed by atoms with van der Waals surface area (Å²) in [6.45, 7) is 0. The molecule has 0 aliphatic carbocycles. The van der Waals surface area contributed by atoms with Gasteiger partial charge in [-0.15, -0.1) is 15.0 Å². The molecule has 7 heteroatoms. The molecule has 2 aromatic heterocycles. The van der Waals surface area contributed by atoms with Gasteiger partial charge in [-0.3, -0.25) is 4.68 Å². The van der Waals surface area contributed by atoms with Gasteiger partial charge >= 0.3 is 0 Å². The minimum atomic E-state index is 0.186. The summed E-state index contributed by atoms with van der Waals surface area (Å²) in [6.07, 6.45) is 1.78. The van der Waals surface area contributed by atoms with Gasteiger partial charge < -0.3 is 5.73 Å². The van der Waals surface area contributed by atoms with Crippen LogP contribution in [0.15, 0.2) is 12.3 Å². The first-order valence-corrected chi connectivity index (χ1v) is 3.93. The van der Waals surface area contributed by atoms with E-state index in [1.165, 1.54) is 4.80 Å². The average Bonchev–Trinajstić information content (AvgIpc) is 2.61. The predicted octanol–water partition coefficient (Wildman–Crippen LogP) is 0.236. The SMILES string of the molecule is Cn1ccc(-n2nc(N)c(Cl)n2)n1. The molecule has 2 N–H and O–H groups in total. The highest BCUT2D eigenvalue weighted by atomic mass is 35.5. The predicted molar refractivity (Wildman–Crippen MR) is 47.5 cm³/mol. The van der Waals surface area contributed by atoms with Crippen LogP contribution in [0.3, 0.4) is 0 Å². The van der Waals surface area contributed by atoms with Crippen LogP contribution in [0.25, 0.3) is 5.82 Å². The molecular formula is C6H7ClN6. The summed E-state index contributed by atoms with van der Waals surface area (Å²) >= 11 is 5.63. The number of nitrogens with two attached hydrogens (primary N) is 1. The molecule has 0 saturated heterocycles. The first kappa shape index (κ1) is 8.06. The molecule has 0 spiro atoms. The molecular weight excluding hydrogens is 192 g/mol. The maximum Gasteiger partial charge on any atom is 0.195 e. The van der Waals surface area contributed by atoms with Crippen LogP contribution in [0.1, 0.15) is 0 Å². The number of hydrogen-bond donors (Lipinski definition) is 1.